The first kappa shape index (κ1) is 15.6. The molecule has 0 radical (unpaired) electrons. The minimum absolute atomic E-state index is 0.115. The van der Waals surface area contributed by atoms with Gasteiger partial charge in [-0.2, -0.15) is 0 Å². The maximum absolute atomic E-state index is 12.2. The highest BCUT2D eigenvalue weighted by atomic mass is 16.4. The van der Waals surface area contributed by atoms with Gasteiger partial charge in [-0.25, -0.2) is 14.3 Å². The number of carbonyl (C=O) groups is 1. The molecule has 8 heteroatoms. The summed E-state index contributed by atoms with van der Waals surface area (Å²) < 4.78 is 2.30. The van der Waals surface area contributed by atoms with Gasteiger partial charge in [-0.15, -0.1) is 0 Å². The Kier molecular flexibility index (Phi) is 4.22. The van der Waals surface area contributed by atoms with Gasteiger partial charge in [-0.05, 0) is 25.0 Å². The van der Waals surface area contributed by atoms with Crippen LogP contribution in [-0.4, -0.2) is 31.2 Å². The molecule has 0 saturated heterocycles. The maximum Gasteiger partial charge on any atom is 0.336 e. The Morgan fingerprint density at radius 3 is 2.64 bits per heavy atom. The van der Waals surface area contributed by atoms with E-state index < -0.39 is 23.3 Å². The summed E-state index contributed by atoms with van der Waals surface area (Å²) in [6.45, 7) is 1.66. The molecule has 0 aliphatic carbocycles. The van der Waals surface area contributed by atoms with Crippen molar-refractivity contribution in [3.8, 4) is 5.82 Å². The Labute approximate surface area is 125 Å². The zero-order valence-electron chi connectivity index (χ0n) is 12.2. The average molecular weight is 304 g/mol. The molecule has 0 bridgehead atoms. The number of rotatable bonds is 4. The Morgan fingerprint density at radius 2 is 2.09 bits per heavy atom. The third-order valence-corrected chi connectivity index (χ3v) is 3.37. The molecule has 0 spiro atoms. The van der Waals surface area contributed by atoms with Crippen molar-refractivity contribution in [1.82, 2.24) is 14.1 Å². The second-order valence-corrected chi connectivity index (χ2v) is 4.97. The number of nitrogens with zero attached hydrogens (tertiary/aromatic N) is 3. The summed E-state index contributed by atoms with van der Waals surface area (Å²) in [5.74, 6) is -0.925. The third-order valence-electron chi connectivity index (χ3n) is 3.37. The molecule has 0 amide bonds. The molecule has 0 fully saturated rings. The molecule has 22 heavy (non-hydrogen) atoms. The molecule has 2 aromatic heterocycles. The Morgan fingerprint density at radius 1 is 1.41 bits per heavy atom. The van der Waals surface area contributed by atoms with Crippen LogP contribution < -0.4 is 17.0 Å². The molecule has 2 aromatic rings. The summed E-state index contributed by atoms with van der Waals surface area (Å²) in [4.78, 5) is 38.9. The molecule has 2 rings (SSSR count). The number of carboxylic acid groups (broad SMARTS) is 1. The first-order valence-electron chi connectivity index (χ1n) is 6.54. The summed E-state index contributed by atoms with van der Waals surface area (Å²) in [7, 11) is 1.56. The van der Waals surface area contributed by atoms with Gasteiger partial charge < -0.3 is 15.4 Å². The summed E-state index contributed by atoms with van der Waals surface area (Å²) in [5, 5.41) is 8.77. The summed E-state index contributed by atoms with van der Waals surface area (Å²) in [6, 6.07) is 3.40. The average Bonchev–Trinajstić information content (AvgIpc) is 2.46. The van der Waals surface area contributed by atoms with E-state index in [1.54, 1.807) is 20.0 Å². The zero-order chi connectivity index (χ0) is 16.4. The quantitative estimate of drug-likeness (QED) is 0.762. The molecule has 0 unspecified atom stereocenters. The van der Waals surface area contributed by atoms with Crippen molar-refractivity contribution in [3.63, 3.8) is 0 Å². The lowest BCUT2D eigenvalue weighted by molar-refractivity contribution is -0.138. The van der Waals surface area contributed by atoms with Crippen LogP contribution >= 0.6 is 0 Å². The molecule has 2 heterocycles. The van der Waals surface area contributed by atoms with Gasteiger partial charge in [0.05, 0.1) is 0 Å². The van der Waals surface area contributed by atoms with Crippen LogP contribution in [0.5, 0.6) is 0 Å². The summed E-state index contributed by atoms with van der Waals surface area (Å²) in [6.07, 6.45) is 1.52. The Balaban J connectivity index is 2.40. The van der Waals surface area contributed by atoms with Gasteiger partial charge in [0.25, 0.3) is 5.56 Å². The van der Waals surface area contributed by atoms with Gasteiger partial charge in [0, 0.05) is 25.0 Å². The third kappa shape index (κ3) is 2.96. The predicted octanol–water partition coefficient (Wildman–Crippen LogP) is -0.806. The van der Waals surface area contributed by atoms with Crippen molar-refractivity contribution in [2.24, 2.45) is 12.8 Å². The van der Waals surface area contributed by atoms with Crippen molar-refractivity contribution in [2.45, 2.75) is 19.4 Å². The van der Waals surface area contributed by atoms with Crippen LogP contribution in [0, 0.1) is 6.92 Å². The van der Waals surface area contributed by atoms with Crippen LogP contribution in [0.4, 0.5) is 0 Å². The lowest BCUT2D eigenvalue weighted by Crippen LogP contribution is -2.38. The number of pyridine rings is 1. The van der Waals surface area contributed by atoms with Crippen molar-refractivity contribution in [2.75, 3.05) is 0 Å². The fourth-order valence-electron chi connectivity index (χ4n) is 1.96. The SMILES string of the molecule is Cc1cc(=O)n(-c2ccc(C[C@H](N)C(=O)O)cn2)c(=O)n1C. The van der Waals surface area contributed by atoms with E-state index in [1.807, 2.05) is 0 Å². The van der Waals surface area contributed by atoms with Crippen LogP contribution in [0.3, 0.4) is 0 Å². The van der Waals surface area contributed by atoms with E-state index in [-0.39, 0.29) is 12.2 Å². The van der Waals surface area contributed by atoms with E-state index in [9.17, 15) is 14.4 Å². The van der Waals surface area contributed by atoms with E-state index >= 15 is 0 Å². The van der Waals surface area contributed by atoms with Crippen molar-refractivity contribution >= 4 is 5.97 Å². The Bertz CT molecular complexity index is 820. The van der Waals surface area contributed by atoms with E-state index in [0.717, 1.165) is 4.57 Å². The largest absolute Gasteiger partial charge is 0.480 e. The highest BCUT2D eigenvalue weighted by Crippen LogP contribution is 2.05. The summed E-state index contributed by atoms with van der Waals surface area (Å²) >= 11 is 0. The van der Waals surface area contributed by atoms with E-state index in [1.165, 1.54) is 22.9 Å². The minimum Gasteiger partial charge on any atom is -0.480 e. The molecule has 0 saturated carbocycles. The highest BCUT2D eigenvalue weighted by molar-refractivity contribution is 5.73. The number of aliphatic carboxylic acids is 1. The highest BCUT2D eigenvalue weighted by Gasteiger charge is 2.13. The number of carboxylic acids is 1. The number of hydrogen-bond acceptors (Lipinski definition) is 5. The normalized spacial score (nSPS) is 12.1. The topological polar surface area (TPSA) is 120 Å². The maximum atomic E-state index is 12.2. The van der Waals surface area contributed by atoms with E-state index in [4.69, 9.17) is 10.8 Å². The molecule has 8 nitrogen and oxygen atoms in total. The monoisotopic (exact) mass is 304 g/mol. The van der Waals surface area contributed by atoms with Crippen LogP contribution in [0.2, 0.25) is 0 Å². The lowest BCUT2D eigenvalue weighted by Gasteiger charge is -2.10. The molecule has 0 aliphatic rings. The minimum atomic E-state index is -1.10. The van der Waals surface area contributed by atoms with Gasteiger partial charge in [-0.3, -0.25) is 9.59 Å². The number of nitrogens with two attached hydrogens (primary N) is 1. The van der Waals surface area contributed by atoms with E-state index in [2.05, 4.69) is 4.98 Å². The molecular formula is C14H16N4O4. The van der Waals surface area contributed by atoms with Crippen LogP contribution in [-0.2, 0) is 18.3 Å². The molecule has 0 aromatic carbocycles. The van der Waals surface area contributed by atoms with Crippen molar-refractivity contribution < 1.29 is 9.90 Å². The van der Waals surface area contributed by atoms with E-state index in [0.29, 0.717) is 11.3 Å². The second-order valence-electron chi connectivity index (χ2n) is 4.97. The standard InChI is InChI=1S/C14H16N4O4/c1-8-5-12(19)18(14(22)17(8)2)11-4-3-9(7-16-11)6-10(15)13(20)21/h3-5,7,10H,6,15H2,1-2H3,(H,20,21)/t10-/m0/s1. The number of aromatic nitrogens is 3. The van der Waals surface area contributed by atoms with Crippen LogP contribution in [0.15, 0.2) is 34.0 Å². The van der Waals surface area contributed by atoms with Gasteiger partial charge >= 0.3 is 11.7 Å². The zero-order valence-corrected chi connectivity index (χ0v) is 12.2. The fraction of sp³-hybridized carbons (Fsp3) is 0.286. The molecule has 3 N–H and O–H groups in total. The smallest absolute Gasteiger partial charge is 0.336 e. The van der Waals surface area contributed by atoms with Crippen molar-refractivity contribution in [3.05, 3.63) is 56.5 Å². The van der Waals surface area contributed by atoms with Gasteiger partial charge in [0.15, 0.2) is 0 Å². The number of hydrogen-bond donors (Lipinski definition) is 2. The first-order valence-corrected chi connectivity index (χ1v) is 6.54. The molecule has 1 atom stereocenters. The molecule has 116 valence electrons. The van der Waals surface area contributed by atoms with Gasteiger partial charge in [0.1, 0.15) is 11.9 Å². The molecule has 0 aliphatic heterocycles. The second kappa shape index (κ2) is 5.94. The lowest BCUT2D eigenvalue weighted by atomic mass is 10.1. The van der Waals surface area contributed by atoms with Crippen LogP contribution in [0.1, 0.15) is 11.3 Å². The molecular weight excluding hydrogens is 288 g/mol. The summed E-state index contributed by atoms with van der Waals surface area (Å²) in [5.41, 5.74) is 5.64. The van der Waals surface area contributed by atoms with Crippen LogP contribution in [0.25, 0.3) is 5.82 Å². The van der Waals surface area contributed by atoms with Gasteiger partial charge in [-0.1, -0.05) is 6.07 Å². The predicted molar refractivity (Wildman–Crippen MR) is 79.1 cm³/mol. The fourth-order valence-corrected chi connectivity index (χ4v) is 1.96. The van der Waals surface area contributed by atoms with Crippen molar-refractivity contribution in [1.29, 1.82) is 0 Å². The van der Waals surface area contributed by atoms with Gasteiger partial charge in [0.2, 0.25) is 0 Å². The first-order chi connectivity index (χ1) is 10.3. The number of aryl methyl sites for hydroxylation is 1. The Hall–Kier alpha value is -2.74.